The van der Waals surface area contributed by atoms with Crippen LogP contribution in [0.15, 0.2) is 29.1 Å². The summed E-state index contributed by atoms with van der Waals surface area (Å²) in [4.78, 5) is 4.06. The Morgan fingerprint density at radius 2 is 2.29 bits per heavy atom. The Hall–Kier alpha value is -1.43. The summed E-state index contributed by atoms with van der Waals surface area (Å²) in [6, 6.07) is 3.62. The summed E-state index contributed by atoms with van der Waals surface area (Å²) < 4.78 is 7.25. The highest BCUT2D eigenvalue weighted by Gasteiger charge is 2.00. The predicted octanol–water partition coefficient (Wildman–Crippen LogP) is 1.43. The normalized spacial score (nSPS) is 10.1. The fraction of sp³-hybridized carbons (Fsp3) is 0.125. The Labute approximate surface area is 88.8 Å². The second kappa shape index (κ2) is 3.75. The maximum atomic E-state index is 4.94. The fourth-order valence-corrected chi connectivity index (χ4v) is 1.26. The topological polar surface area (TPSA) is 52.8 Å². The van der Waals surface area contributed by atoms with E-state index in [4.69, 9.17) is 4.74 Å². The van der Waals surface area contributed by atoms with Crippen LogP contribution in [0, 0.1) is 0 Å². The first-order chi connectivity index (χ1) is 6.79. The van der Waals surface area contributed by atoms with Crippen LogP contribution in [0.25, 0.3) is 5.69 Å². The van der Waals surface area contributed by atoms with Gasteiger partial charge in [-0.25, -0.2) is 9.67 Å². The number of rotatable bonds is 2. The van der Waals surface area contributed by atoms with E-state index in [0.29, 0.717) is 10.5 Å². The van der Waals surface area contributed by atoms with Crippen molar-refractivity contribution in [2.45, 2.75) is 0 Å². The maximum Gasteiger partial charge on any atom is 0.213 e. The Morgan fingerprint density at radius 1 is 1.43 bits per heavy atom. The molecule has 0 N–H and O–H groups in total. The minimum atomic E-state index is 0.577. The SMILES string of the molecule is COc1ccc(-n2cc(Br)nn2)cn1. The molecule has 2 aromatic heterocycles. The minimum absolute atomic E-state index is 0.577. The molecule has 2 aromatic rings. The van der Waals surface area contributed by atoms with Gasteiger partial charge < -0.3 is 4.74 Å². The Balaban J connectivity index is 2.33. The molecule has 14 heavy (non-hydrogen) atoms. The van der Waals surface area contributed by atoms with E-state index in [9.17, 15) is 0 Å². The average Bonchev–Trinajstić information content (AvgIpc) is 2.65. The van der Waals surface area contributed by atoms with E-state index >= 15 is 0 Å². The van der Waals surface area contributed by atoms with Gasteiger partial charge in [-0.3, -0.25) is 0 Å². The standard InChI is InChI=1S/C8H7BrN4O/c1-14-8-3-2-6(4-10-8)13-5-7(9)11-12-13/h2-5H,1H3. The monoisotopic (exact) mass is 254 g/mol. The molecule has 2 heterocycles. The summed E-state index contributed by atoms with van der Waals surface area (Å²) in [5.74, 6) is 0.577. The zero-order valence-corrected chi connectivity index (χ0v) is 8.97. The second-order valence-electron chi connectivity index (χ2n) is 2.54. The van der Waals surface area contributed by atoms with Gasteiger partial charge in [-0.05, 0) is 22.0 Å². The lowest BCUT2D eigenvalue weighted by Gasteiger charge is -2.00. The van der Waals surface area contributed by atoms with Crippen LogP contribution in [0.3, 0.4) is 0 Å². The lowest BCUT2D eigenvalue weighted by molar-refractivity contribution is 0.397. The van der Waals surface area contributed by atoms with Gasteiger partial charge in [-0.2, -0.15) is 0 Å². The van der Waals surface area contributed by atoms with Crippen molar-refractivity contribution in [2.24, 2.45) is 0 Å². The van der Waals surface area contributed by atoms with E-state index in [1.54, 1.807) is 30.3 Å². The van der Waals surface area contributed by atoms with Crippen LogP contribution in [0.1, 0.15) is 0 Å². The largest absolute Gasteiger partial charge is 0.481 e. The van der Waals surface area contributed by atoms with Crippen LogP contribution >= 0.6 is 15.9 Å². The summed E-state index contributed by atoms with van der Waals surface area (Å²) in [5, 5.41) is 7.69. The molecule has 0 spiro atoms. The third kappa shape index (κ3) is 1.74. The van der Waals surface area contributed by atoms with E-state index in [2.05, 4.69) is 31.2 Å². The number of nitrogens with zero attached hydrogens (tertiary/aromatic N) is 4. The molecule has 5 nitrogen and oxygen atoms in total. The predicted molar refractivity (Wildman–Crippen MR) is 53.4 cm³/mol. The van der Waals surface area contributed by atoms with E-state index in [1.807, 2.05) is 6.07 Å². The number of aromatic nitrogens is 4. The molecule has 0 amide bonds. The summed E-state index contributed by atoms with van der Waals surface area (Å²) in [7, 11) is 1.58. The van der Waals surface area contributed by atoms with Gasteiger partial charge in [0.2, 0.25) is 5.88 Å². The first-order valence-corrected chi connectivity index (χ1v) is 4.67. The van der Waals surface area contributed by atoms with Crippen molar-refractivity contribution >= 4 is 15.9 Å². The third-order valence-corrected chi connectivity index (χ3v) is 2.02. The number of pyridine rings is 1. The number of hydrogen-bond acceptors (Lipinski definition) is 4. The van der Waals surface area contributed by atoms with Gasteiger partial charge in [-0.15, -0.1) is 5.10 Å². The lowest BCUT2D eigenvalue weighted by atomic mass is 10.4. The van der Waals surface area contributed by atoms with Crippen molar-refractivity contribution in [3.63, 3.8) is 0 Å². The van der Waals surface area contributed by atoms with Crippen molar-refractivity contribution in [3.8, 4) is 11.6 Å². The van der Waals surface area contributed by atoms with Gasteiger partial charge in [0, 0.05) is 6.07 Å². The molecule has 0 fully saturated rings. The lowest BCUT2D eigenvalue weighted by Crippen LogP contribution is -1.96. The molecule has 0 saturated heterocycles. The number of halogens is 1. The molecule has 72 valence electrons. The molecule has 0 aliphatic heterocycles. The highest BCUT2D eigenvalue weighted by atomic mass is 79.9. The van der Waals surface area contributed by atoms with E-state index < -0.39 is 0 Å². The van der Waals surface area contributed by atoms with Gasteiger partial charge in [0.1, 0.15) is 4.60 Å². The molecule has 0 radical (unpaired) electrons. The van der Waals surface area contributed by atoms with Crippen molar-refractivity contribution in [1.82, 2.24) is 20.0 Å². The van der Waals surface area contributed by atoms with Crippen molar-refractivity contribution in [1.29, 1.82) is 0 Å². The molecule has 0 bridgehead atoms. The summed E-state index contributed by atoms with van der Waals surface area (Å²) in [5.41, 5.74) is 0.837. The van der Waals surface area contributed by atoms with Crippen LogP contribution in [0.2, 0.25) is 0 Å². The molecular formula is C8H7BrN4O. The number of methoxy groups -OCH3 is 1. The number of hydrogen-bond donors (Lipinski definition) is 0. The molecule has 0 aliphatic carbocycles. The molecule has 0 unspecified atom stereocenters. The van der Waals surface area contributed by atoms with Crippen molar-refractivity contribution in [3.05, 3.63) is 29.1 Å². The maximum absolute atomic E-state index is 4.94. The summed E-state index contributed by atoms with van der Waals surface area (Å²) in [6.07, 6.45) is 3.42. The average molecular weight is 255 g/mol. The van der Waals surface area contributed by atoms with Crippen LogP contribution in [0.4, 0.5) is 0 Å². The van der Waals surface area contributed by atoms with Gasteiger partial charge in [0.25, 0.3) is 0 Å². The van der Waals surface area contributed by atoms with Gasteiger partial charge in [-0.1, -0.05) is 5.21 Å². The highest BCUT2D eigenvalue weighted by Crippen LogP contribution is 2.11. The van der Waals surface area contributed by atoms with Crippen LogP contribution in [-0.2, 0) is 0 Å². The number of ether oxygens (including phenoxy) is 1. The first-order valence-electron chi connectivity index (χ1n) is 3.88. The van der Waals surface area contributed by atoms with Gasteiger partial charge in [0.05, 0.1) is 25.2 Å². The van der Waals surface area contributed by atoms with E-state index in [-0.39, 0.29) is 0 Å². The summed E-state index contributed by atoms with van der Waals surface area (Å²) >= 11 is 3.22. The summed E-state index contributed by atoms with van der Waals surface area (Å²) in [6.45, 7) is 0. The highest BCUT2D eigenvalue weighted by molar-refractivity contribution is 9.10. The van der Waals surface area contributed by atoms with Gasteiger partial charge in [0.15, 0.2) is 0 Å². The van der Waals surface area contributed by atoms with Crippen LogP contribution in [-0.4, -0.2) is 27.1 Å². The molecule has 0 atom stereocenters. The first kappa shape index (κ1) is 9.14. The van der Waals surface area contributed by atoms with Crippen LogP contribution in [0.5, 0.6) is 5.88 Å². The Kier molecular flexibility index (Phi) is 2.45. The minimum Gasteiger partial charge on any atom is -0.481 e. The molecular weight excluding hydrogens is 248 g/mol. The van der Waals surface area contributed by atoms with E-state index in [1.165, 1.54) is 0 Å². The Bertz CT molecular complexity index is 425. The van der Waals surface area contributed by atoms with Crippen molar-refractivity contribution < 1.29 is 4.74 Å². The van der Waals surface area contributed by atoms with Crippen molar-refractivity contribution in [2.75, 3.05) is 7.11 Å². The molecule has 6 heteroatoms. The quantitative estimate of drug-likeness (QED) is 0.814. The molecule has 0 aliphatic rings. The van der Waals surface area contributed by atoms with Gasteiger partial charge >= 0.3 is 0 Å². The third-order valence-electron chi connectivity index (χ3n) is 1.66. The zero-order chi connectivity index (χ0) is 9.97. The zero-order valence-electron chi connectivity index (χ0n) is 7.38. The van der Waals surface area contributed by atoms with E-state index in [0.717, 1.165) is 5.69 Å². The molecule has 0 aromatic carbocycles. The fourth-order valence-electron chi connectivity index (χ4n) is 0.998. The second-order valence-corrected chi connectivity index (χ2v) is 3.36. The van der Waals surface area contributed by atoms with Crippen LogP contribution < -0.4 is 4.74 Å². The Morgan fingerprint density at radius 3 is 2.79 bits per heavy atom. The molecule has 2 rings (SSSR count). The molecule has 0 saturated carbocycles. The smallest absolute Gasteiger partial charge is 0.213 e.